The summed E-state index contributed by atoms with van der Waals surface area (Å²) in [4.78, 5) is 31.5. The van der Waals surface area contributed by atoms with E-state index in [2.05, 4.69) is 4.99 Å². The standard InChI is InChI=1S/C20H20N2O3/c1-2-14-7-3-6-10-18(14)22-19(24)16-9-5-4-8-15(16)17(20(22)25)13-21-11-12-23/h3-10,13,17,23H,2,11-12H2,1H3/t17-/m0/s1. The molecular formula is C20H20N2O3. The van der Waals surface area contributed by atoms with Crippen molar-refractivity contribution >= 4 is 23.7 Å². The summed E-state index contributed by atoms with van der Waals surface area (Å²) < 4.78 is 0. The number of carbonyl (C=O) groups excluding carboxylic acids is 2. The van der Waals surface area contributed by atoms with Gasteiger partial charge in [-0.25, -0.2) is 4.90 Å². The number of aliphatic imine (C=N–C) groups is 1. The molecule has 0 saturated carbocycles. The topological polar surface area (TPSA) is 70.0 Å². The van der Waals surface area contributed by atoms with Crippen LogP contribution in [0, 0.1) is 0 Å². The predicted molar refractivity (Wildman–Crippen MR) is 97.3 cm³/mol. The van der Waals surface area contributed by atoms with Gasteiger partial charge in [0.05, 0.1) is 24.8 Å². The summed E-state index contributed by atoms with van der Waals surface area (Å²) in [6.07, 6.45) is 2.25. The number of anilines is 1. The van der Waals surface area contributed by atoms with Gasteiger partial charge in [0.15, 0.2) is 0 Å². The molecule has 0 spiro atoms. The first-order valence-corrected chi connectivity index (χ1v) is 8.35. The average Bonchev–Trinajstić information content (AvgIpc) is 2.65. The molecule has 1 aliphatic heterocycles. The minimum Gasteiger partial charge on any atom is -0.394 e. The number of nitrogens with zero attached hydrogens (tertiary/aromatic N) is 2. The molecule has 2 aromatic rings. The fourth-order valence-corrected chi connectivity index (χ4v) is 3.09. The van der Waals surface area contributed by atoms with Gasteiger partial charge in [0.2, 0.25) is 5.91 Å². The lowest BCUT2D eigenvalue weighted by Crippen LogP contribution is -2.46. The SMILES string of the molecule is CCc1ccccc1N1C(=O)c2ccccc2[C@H](C=NCCO)C1=O. The van der Waals surface area contributed by atoms with E-state index in [1.165, 1.54) is 11.1 Å². The second-order valence-electron chi connectivity index (χ2n) is 5.80. The van der Waals surface area contributed by atoms with E-state index in [0.29, 0.717) is 16.8 Å². The van der Waals surface area contributed by atoms with Crippen LogP contribution in [0.25, 0.3) is 0 Å². The molecule has 0 aromatic heterocycles. The molecule has 0 bridgehead atoms. The number of amides is 2. The number of carbonyl (C=O) groups is 2. The number of hydrogen-bond acceptors (Lipinski definition) is 4. The maximum Gasteiger partial charge on any atom is 0.265 e. The summed E-state index contributed by atoms with van der Waals surface area (Å²) in [5, 5.41) is 8.93. The molecule has 1 heterocycles. The summed E-state index contributed by atoms with van der Waals surface area (Å²) in [6, 6.07) is 14.6. The fourth-order valence-electron chi connectivity index (χ4n) is 3.09. The third-order valence-corrected chi connectivity index (χ3v) is 4.31. The number of aliphatic hydroxyl groups excluding tert-OH is 1. The maximum atomic E-state index is 13.1. The Morgan fingerprint density at radius 2 is 1.84 bits per heavy atom. The lowest BCUT2D eigenvalue weighted by Gasteiger charge is -2.32. The third-order valence-electron chi connectivity index (χ3n) is 4.31. The molecule has 1 N–H and O–H groups in total. The summed E-state index contributed by atoms with van der Waals surface area (Å²) in [6.45, 7) is 2.14. The van der Waals surface area contributed by atoms with Gasteiger partial charge in [-0.1, -0.05) is 43.3 Å². The smallest absolute Gasteiger partial charge is 0.265 e. The Labute approximate surface area is 146 Å². The van der Waals surface area contributed by atoms with Gasteiger partial charge in [-0.2, -0.15) is 0 Å². The zero-order valence-corrected chi connectivity index (χ0v) is 14.1. The Morgan fingerprint density at radius 1 is 1.12 bits per heavy atom. The summed E-state index contributed by atoms with van der Waals surface area (Å²) in [5.41, 5.74) is 2.72. The Hall–Kier alpha value is -2.79. The number of para-hydroxylation sites is 1. The lowest BCUT2D eigenvalue weighted by molar-refractivity contribution is -0.118. The Kier molecular flexibility index (Phi) is 5.05. The average molecular weight is 336 g/mol. The molecule has 1 aliphatic rings. The van der Waals surface area contributed by atoms with E-state index in [1.807, 2.05) is 31.2 Å². The van der Waals surface area contributed by atoms with E-state index < -0.39 is 5.92 Å². The van der Waals surface area contributed by atoms with Crippen molar-refractivity contribution in [3.63, 3.8) is 0 Å². The van der Waals surface area contributed by atoms with Crippen LogP contribution in [-0.4, -0.2) is 36.3 Å². The third kappa shape index (κ3) is 3.10. The summed E-state index contributed by atoms with van der Waals surface area (Å²) in [7, 11) is 0. The fraction of sp³-hybridized carbons (Fsp3) is 0.250. The van der Waals surface area contributed by atoms with Crippen LogP contribution in [0.2, 0.25) is 0 Å². The van der Waals surface area contributed by atoms with Gasteiger partial charge in [0.25, 0.3) is 5.91 Å². The van der Waals surface area contributed by atoms with Crippen molar-refractivity contribution in [1.29, 1.82) is 0 Å². The lowest BCUT2D eigenvalue weighted by atomic mass is 9.88. The van der Waals surface area contributed by atoms with Gasteiger partial charge in [-0.3, -0.25) is 14.6 Å². The second-order valence-corrected chi connectivity index (χ2v) is 5.80. The van der Waals surface area contributed by atoms with E-state index in [-0.39, 0.29) is 25.0 Å². The molecule has 1 atom stereocenters. The normalized spacial score (nSPS) is 17.2. The first-order chi connectivity index (χ1) is 12.2. The minimum absolute atomic E-state index is 0.0830. The Balaban J connectivity index is 2.12. The van der Waals surface area contributed by atoms with Crippen molar-refractivity contribution in [2.45, 2.75) is 19.3 Å². The highest BCUT2D eigenvalue weighted by atomic mass is 16.3. The van der Waals surface area contributed by atoms with E-state index in [1.54, 1.807) is 24.3 Å². The van der Waals surface area contributed by atoms with Gasteiger partial charge in [0.1, 0.15) is 0 Å². The molecule has 5 heteroatoms. The van der Waals surface area contributed by atoms with Crippen molar-refractivity contribution in [3.05, 3.63) is 65.2 Å². The van der Waals surface area contributed by atoms with Gasteiger partial charge in [-0.05, 0) is 29.7 Å². The number of rotatable bonds is 5. The molecule has 25 heavy (non-hydrogen) atoms. The molecule has 2 aromatic carbocycles. The van der Waals surface area contributed by atoms with Gasteiger partial charge in [0, 0.05) is 11.8 Å². The Bertz CT molecular complexity index is 829. The van der Waals surface area contributed by atoms with Crippen LogP contribution in [-0.2, 0) is 11.2 Å². The number of benzene rings is 2. The monoisotopic (exact) mass is 336 g/mol. The molecule has 0 radical (unpaired) electrons. The van der Waals surface area contributed by atoms with E-state index in [9.17, 15) is 9.59 Å². The molecule has 0 fully saturated rings. The van der Waals surface area contributed by atoms with Crippen molar-refractivity contribution in [2.24, 2.45) is 4.99 Å². The predicted octanol–water partition coefficient (Wildman–Crippen LogP) is 2.58. The zero-order valence-electron chi connectivity index (χ0n) is 14.1. The Morgan fingerprint density at radius 3 is 2.60 bits per heavy atom. The molecular weight excluding hydrogens is 316 g/mol. The summed E-state index contributed by atoms with van der Waals surface area (Å²) >= 11 is 0. The van der Waals surface area contributed by atoms with Gasteiger partial charge in [-0.15, -0.1) is 0 Å². The van der Waals surface area contributed by atoms with Crippen LogP contribution >= 0.6 is 0 Å². The van der Waals surface area contributed by atoms with Crippen LogP contribution in [0.3, 0.4) is 0 Å². The quantitative estimate of drug-likeness (QED) is 0.674. The number of aryl methyl sites for hydroxylation is 1. The molecule has 0 unspecified atom stereocenters. The second kappa shape index (κ2) is 7.40. The van der Waals surface area contributed by atoms with E-state index >= 15 is 0 Å². The van der Waals surface area contributed by atoms with Crippen LogP contribution < -0.4 is 4.90 Å². The largest absolute Gasteiger partial charge is 0.394 e. The number of fused-ring (bicyclic) bond motifs is 1. The minimum atomic E-state index is -0.634. The maximum absolute atomic E-state index is 13.1. The van der Waals surface area contributed by atoms with Gasteiger partial charge < -0.3 is 5.11 Å². The van der Waals surface area contributed by atoms with Crippen molar-refractivity contribution in [1.82, 2.24) is 0 Å². The van der Waals surface area contributed by atoms with Crippen LogP contribution in [0.1, 0.15) is 34.3 Å². The zero-order chi connectivity index (χ0) is 17.8. The van der Waals surface area contributed by atoms with E-state index in [0.717, 1.165) is 12.0 Å². The van der Waals surface area contributed by atoms with E-state index in [4.69, 9.17) is 5.11 Å². The molecule has 3 rings (SSSR count). The highest BCUT2D eigenvalue weighted by molar-refractivity contribution is 6.29. The van der Waals surface area contributed by atoms with Crippen molar-refractivity contribution in [3.8, 4) is 0 Å². The number of imide groups is 1. The highest BCUT2D eigenvalue weighted by Gasteiger charge is 2.39. The highest BCUT2D eigenvalue weighted by Crippen LogP contribution is 2.33. The summed E-state index contributed by atoms with van der Waals surface area (Å²) in [5.74, 6) is -1.26. The van der Waals surface area contributed by atoms with Crippen LogP contribution in [0.5, 0.6) is 0 Å². The number of aliphatic hydroxyl groups is 1. The molecule has 0 aliphatic carbocycles. The van der Waals surface area contributed by atoms with Crippen molar-refractivity contribution < 1.29 is 14.7 Å². The molecule has 2 amide bonds. The van der Waals surface area contributed by atoms with Crippen molar-refractivity contribution in [2.75, 3.05) is 18.1 Å². The number of hydrogen-bond donors (Lipinski definition) is 1. The van der Waals surface area contributed by atoms with Crippen LogP contribution in [0.4, 0.5) is 5.69 Å². The first kappa shape index (κ1) is 17.0. The first-order valence-electron chi connectivity index (χ1n) is 8.35. The van der Waals surface area contributed by atoms with Gasteiger partial charge >= 0.3 is 0 Å². The molecule has 0 saturated heterocycles. The molecule has 128 valence electrons. The molecule has 5 nitrogen and oxygen atoms in total. The van der Waals surface area contributed by atoms with Crippen LogP contribution in [0.15, 0.2) is 53.5 Å².